The highest BCUT2D eigenvalue weighted by Crippen LogP contribution is 2.32. The number of carboxylic acid groups (broad SMARTS) is 1. The van der Waals surface area contributed by atoms with Crippen molar-refractivity contribution in [2.75, 3.05) is 6.54 Å². The molecule has 5 nitrogen and oxygen atoms in total. The number of carbonyl (C=O) groups is 1. The van der Waals surface area contributed by atoms with Crippen LogP contribution in [-0.2, 0) is 10.0 Å². The number of piperidine rings is 1. The standard InChI is InChI=1S/C13H19NO4S2/c1-8-4-9(2)10(3)14(6-8)20(17,18)11-5-12(13(15)16)19-7-11/h5,7-10H,4,6H2,1-3H3,(H,15,16). The Labute approximate surface area is 123 Å². The van der Waals surface area contributed by atoms with Gasteiger partial charge in [-0.1, -0.05) is 13.8 Å². The Balaban J connectivity index is 2.35. The van der Waals surface area contributed by atoms with Crippen LogP contribution in [0, 0.1) is 11.8 Å². The molecule has 1 N–H and O–H groups in total. The molecule has 2 rings (SSSR count). The molecule has 0 amide bonds. The average Bonchev–Trinajstić information content (AvgIpc) is 2.83. The van der Waals surface area contributed by atoms with Crippen LogP contribution in [0.2, 0.25) is 0 Å². The molecule has 1 aromatic rings. The lowest BCUT2D eigenvalue weighted by Crippen LogP contribution is -2.48. The summed E-state index contributed by atoms with van der Waals surface area (Å²) in [7, 11) is -3.61. The lowest BCUT2D eigenvalue weighted by atomic mass is 9.88. The number of hydrogen-bond donors (Lipinski definition) is 1. The van der Waals surface area contributed by atoms with Crippen LogP contribution in [0.4, 0.5) is 0 Å². The number of thiophene rings is 1. The van der Waals surface area contributed by atoms with Crippen LogP contribution in [0.1, 0.15) is 36.9 Å². The van der Waals surface area contributed by atoms with Crippen LogP contribution in [0.25, 0.3) is 0 Å². The Morgan fingerprint density at radius 2 is 2.05 bits per heavy atom. The number of sulfonamides is 1. The van der Waals surface area contributed by atoms with Gasteiger partial charge in [-0.2, -0.15) is 4.31 Å². The Morgan fingerprint density at radius 3 is 2.60 bits per heavy atom. The van der Waals surface area contributed by atoms with E-state index in [1.54, 1.807) is 0 Å². The predicted molar refractivity (Wildman–Crippen MR) is 77.6 cm³/mol. The first-order chi connectivity index (χ1) is 9.23. The number of aromatic carboxylic acids is 1. The molecule has 3 atom stereocenters. The summed E-state index contributed by atoms with van der Waals surface area (Å²) in [6.07, 6.45) is 1.01. The van der Waals surface area contributed by atoms with E-state index in [0.717, 1.165) is 17.8 Å². The topological polar surface area (TPSA) is 74.7 Å². The quantitative estimate of drug-likeness (QED) is 0.929. The van der Waals surface area contributed by atoms with Gasteiger partial charge in [0.15, 0.2) is 0 Å². The van der Waals surface area contributed by atoms with Gasteiger partial charge < -0.3 is 5.11 Å². The van der Waals surface area contributed by atoms with E-state index in [1.165, 1.54) is 15.8 Å². The summed E-state index contributed by atoms with van der Waals surface area (Å²) in [6.45, 7) is 6.50. The van der Waals surface area contributed by atoms with E-state index in [4.69, 9.17) is 5.11 Å². The minimum atomic E-state index is -3.61. The van der Waals surface area contributed by atoms with Crippen molar-refractivity contribution >= 4 is 27.3 Å². The van der Waals surface area contributed by atoms with Crippen LogP contribution < -0.4 is 0 Å². The van der Waals surface area contributed by atoms with Crippen molar-refractivity contribution in [2.24, 2.45) is 11.8 Å². The first kappa shape index (κ1) is 15.5. The molecule has 0 radical (unpaired) electrons. The SMILES string of the molecule is CC1CC(C)C(C)N(S(=O)(=O)c2csc(C(=O)O)c2)C1. The van der Waals surface area contributed by atoms with E-state index in [-0.39, 0.29) is 15.8 Å². The van der Waals surface area contributed by atoms with Crippen LogP contribution >= 0.6 is 11.3 Å². The van der Waals surface area contributed by atoms with E-state index in [0.29, 0.717) is 18.4 Å². The molecular formula is C13H19NO4S2. The summed E-state index contributed by atoms with van der Waals surface area (Å²) in [6, 6.07) is 1.18. The normalized spacial score (nSPS) is 28.4. The second kappa shape index (κ2) is 5.46. The second-order valence-corrected chi connectivity index (χ2v) is 8.39. The molecule has 0 aromatic carbocycles. The highest BCUT2D eigenvalue weighted by atomic mass is 32.2. The molecule has 0 saturated carbocycles. The van der Waals surface area contributed by atoms with Crippen molar-refractivity contribution in [3.63, 3.8) is 0 Å². The maximum absolute atomic E-state index is 12.7. The lowest BCUT2D eigenvalue weighted by molar-refractivity contribution is 0.0702. The van der Waals surface area contributed by atoms with Crippen molar-refractivity contribution in [2.45, 2.75) is 38.1 Å². The molecule has 1 aliphatic rings. The van der Waals surface area contributed by atoms with Gasteiger partial charge in [0.05, 0.1) is 4.90 Å². The summed E-state index contributed by atoms with van der Waals surface area (Å²) in [5.74, 6) is -0.482. The molecule has 3 unspecified atom stereocenters. The molecule has 1 aliphatic heterocycles. The minimum absolute atomic E-state index is 0.0503. The largest absolute Gasteiger partial charge is 0.477 e. The third kappa shape index (κ3) is 2.75. The summed E-state index contributed by atoms with van der Waals surface area (Å²) in [5.41, 5.74) is 0. The first-order valence-electron chi connectivity index (χ1n) is 6.57. The van der Waals surface area contributed by atoms with E-state index in [1.807, 2.05) is 13.8 Å². The summed E-state index contributed by atoms with van der Waals surface area (Å²) >= 11 is 0.946. The van der Waals surface area contributed by atoms with Crippen molar-refractivity contribution in [1.82, 2.24) is 4.31 Å². The second-order valence-electron chi connectivity index (χ2n) is 5.59. The van der Waals surface area contributed by atoms with Crippen LogP contribution in [-0.4, -0.2) is 36.4 Å². The smallest absolute Gasteiger partial charge is 0.345 e. The van der Waals surface area contributed by atoms with E-state index in [2.05, 4.69) is 6.92 Å². The van der Waals surface area contributed by atoms with Gasteiger partial charge >= 0.3 is 5.97 Å². The van der Waals surface area contributed by atoms with Crippen molar-refractivity contribution in [1.29, 1.82) is 0 Å². The highest BCUT2D eigenvalue weighted by molar-refractivity contribution is 7.89. The summed E-state index contributed by atoms with van der Waals surface area (Å²) in [5, 5.41) is 10.3. The number of hydrogen-bond acceptors (Lipinski definition) is 4. The Kier molecular flexibility index (Phi) is 4.22. The fourth-order valence-corrected chi connectivity index (χ4v) is 5.63. The van der Waals surface area contributed by atoms with E-state index < -0.39 is 16.0 Å². The van der Waals surface area contributed by atoms with Gasteiger partial charge in [-0.3, -0.25) is 0 Å². The van der Waals surface area contributed by atoms with E-state index >= 15 is 0 Å². The highest BCUT2D eigenvalue weighted by Gasteiger charge is 2.37. The molecular weight excluding hydrogens is 298 g/mol. The molecule has 112 valence electrons. The predicted octanol–water partition coefficient (Wildman–Crippen LogP) is 2.50. The number of carboxylic acids is 1. The fraction of sp³-hybridized carbons (Fsp3) is 0.615. The van der Waals surface area contributed by atoms with Crippen LogP contribution in [0.15, 0.2) is 16.3 Å². The van der Waals surface area contributed by atoms with Crippen molar-refractivity contribution in [3.8, 4) is 0 Å². The molecule has 2 heterocycles. The zero-order chi connectivity index (χ0) is 15.1. The number of rotatable bonds is 3. The van der Waals surface area contributed by atoms with Gasteiger partial charge in [0.2, 0.25) is 10.0 Å². The molecule has 1 fully saturated rings. The number of nitrogens with zero attached hydrogens (tertiary/aromatic N) is 1. The Morgan fingerprint density at radius 1 is 1.40 bits per heavy atom. The Bertz CT molecular complexity index is 608. The summed E-state index contributed by atoms with van der Waals surface area (Å²) in [4.78, 5) is 11.0. The Hall–Kier alpha value is -0.920. The lowest BCUT2D eigenvalue weighted by Gasteiger charge is -2.39. The third-order valence-corrected chi connectivity index (χ3v) is 6.93. The fourth-order valence-electron chi connectivity index (χ4n) is 2.68. The van der Waals surface area contributed by atoms with Gasteiger partial charge in [0.1, 0.15) is 4.88 Å². The van der Waals surface area contributed by atoms with Gasteiger partial charge in [0, 0.05) is 18.0 Å². The first-order valence-corrected chi connectivity index (χ1v) is 8.89. The molecule has 0 aliphatic carbocycles. The zero-order valence-electron chi connectivity index (χ0n) is 11.7. The van der Waals surface area contributed by atoms with Gasteiger partial charge in [-0.15, -0.1) is 11.3 Å². The van der Waals surface area contributed by atoms with Gasteiger partial charge in [0.25, 0.3) is 0 Å². The third-order valence-electron chi connectivity index (χ3n) is 3.94. The van der Waals surface area contributed by atoms with Crippen LogP contribution in [0.3, 0.4) is 0 Å². The molecule has 20 heavy (non-hydrogen) atoms. The average molecular weight is 317 g/mol. The van der Waals surface area contributed by atoms with Crippen LogP contribution in [0.5, 0.6) is 0 Å². The molecule has 1 saturated heterocycles. The van der Waals surface area contributed by atoms with Crippen molar-refractivity contribution in [3.05, 3.63) is 16.3 Å². The van der Waals surface area contributed by atoms with Crippen molar-refractivity contribution < 1.29 is 18.3 Å². The minimum Gasteiger partial charge on any atom is -0.477 e. The van der Waals surface area contributed by atoms with E-state index in [9.17, 15) is 13.2 Å². The maximum atomic E-state index is 12.7. The molecule has 7 heteroatoms. The molecule has 1 aromatic heterocycles. The molecule has 0 spiro atoms. The van der Waals surface area contributed by atoms with Gasteiger partial charge in [-0.25, -0.2) is 13.2 Å². The molecule has 0 bridgehead atoms. The van der Waals surface area contributed by atoms with Gasteiger partial charge in [-0.05, 0) is 31.2 Å². The maximum Gasteiger partial charge on any atom is 0.345 e. The zero-order valence-corrected chi connectivity index (χ0v) is 13.4. The monoisotopic (exact) mass is 317 g/mol. The summed E-state index contributed by atoms with van der Waals surface area (Å²) < 4.78 is 26.8.